The summed E-state index contributed by atoms with van der Waals surface area (Å²) in [5.74, 6) is 0. The number of rotatable bonds is 6. The highest BCUT2D eigenvalue weighted by Crippen LogP contribution is 2.49. The first-order valence-corrected chi connectivity index (χ1v) is 22.7. The maximum Gasteiger partial charge on any atom is 0.0782 e. The van der Waals surface area contributed by atoms with E-state index >= 15 is 0 Å². The highest BCUT2D eigenvalue weighted by molar-refractivity contribution is 7.26. The Morgan fingerprint density at radius 2 is 0.952 bits per heavy atom. The van der Waals surface area contributed by atoms with Gasteiger partial charge in [0.05, 0.1) is 16.7 Å². The first-order valence-electron chi connectivity index (χ1n) is 21.1. The Balaban J connectivity index is 1.15. The van der Waals surface area contributed by atoms with Crippen molar-refractivity contribution in [1.29, 1.82) is 0 Å². The largest absolute Gasteiger partial charge is 0.308 e. The Kier molecular flexibility index (Phi) is 7.99. The van der Waals surface area contributed by atoms with Crippen molar-refractivity contribution >= 4 is 113 Å². The van der Waals surface area contributed by atoms with E-state index < -0.39 is 0 Å². The molecule has 0 aliphatic heterocycles. The number of nitrogens with zero attached hydrogens (tertiary/aromatic N) is 2. The van der Waals surface area contributed by atoms with Crippen LogP contribution in [-0.4, -0.2) is 4.57 Å². The molecule has 0 aliphatic carbocycles. The SMILES string of the molecule is c1ccc(-c2cc(-c3ccccc3)c3c(c2)c2cccc(N(c4ccc5c(c4)sc4ccccc45)c4ccc5c(c4)sc4ccc6ccccc6c45)c2n3-c2ccccc2)cc1. The zero-order valence-electron chi connectivity index (χ0n) is 33.5. The molecule has 0 spiro atoms. The molecule has 290 valence electrons. The van der Waals surface area contributed by atoms with E-state index in [2.05, 4.69) is 228 Å². The maximum atomic E-state index is 2.52. The molecule has 0 amide bonds. The number of hydrogen-bond acceptors (Lipinski definition) is 3. The first-order chi connectivity index (χ1) is 30.7. The third-order valence-electron chi connectivity index (χ3n) is 12.5. The summed E-state index contributed by atoms with van der Waals surface area (Å²) in [5.41, 5.74) is 11.6. The van der Waals surface area contributed by atoms with Gasteiger partial charge < -0.3 is 9.47 Å². The van der Waals surface area contributed by atoms with Crippen LogP contribution in [0.2, 0.25) is 0 Å². The van der Waals surface area contributed by atoms with Gasteiger partial charge in [0.25, 0.3) is 0 Å². The molecule has 3 heterocycles. The van der Waals surface area contributed by atoms with E-state index in [1.807, 2.05) is 22.7 Å². The number of fused-ring (bicyclic) bond motifs is 11. The van der Waals surface area contributed by atoms with Crippen LogP contribution in [-0.2, 0) is 0 Å². The molecule has 0 atom stereocenters. The standard InChI is InChI=1S/C58H36N2S2/c1-4-15-37(16-5-1)40-33-49(38-17-6-2-7-18-38)57-50(34-40)47-24-14-25-51(58(47)60(57)41-20-8-3-9-21-41)59(42-28-30-46-45-23-12-13-26-52(45)61-54(46)35-42)43-29-31-48-55(36-43)62-53-32-27-39-19-10-11-22-44(39)56(48)53/h1-36H. The van der Waals surface area contributed by atoms with E-state index in [9.17, 15) is 0 Å². The van der Waals surface area contributed by atoms with Gasteiger partial charge in [-0.1, -0.05) is 152 Å². The van der Waals surface area contributed by atoms with Gasteiger partial charge in [-0.05, 0) is 94.2 Å². The second-order valence-corrected chi connectivity index (χ2v) is 18.2. The molecule has 62 heavy (non-hydrogen) atoms. The van der Waals surface area contributed by atoms with E-state index in [1.165, 1.54) is 89.7 Å². The summed E-state index contributed by atoms with van der Waals surface area (Å²) in [7, 11) is 0. The van der Waals surface area contributed by atoms with Gasteiger partial charge in [0.15, 0.2) is 0 Å². The Labute approximate surface area is 366 Å². The molecule has 0 aliphatic rings. The molecule has 0 N–H and O–H groups in total. The normalized spacial score (nSPS) is 11.9. The van der Waals surface area contributed by atoms with Crippen LogP contribution < -0.4 is 4.90 Å². The molecule has 4 heteroatoms. The summed E-state index contributed by atoms with van der Waals surface area (Å²) < 4.78 is 7.68. The lowest BCUT2D eigenvalue weighted by molar-refractivity contribution is 1.17. The second kappa shape index (κ2) is 14.0. The molecule has 10 aromatic carbocycles. The number of anilines is 3. The fourth-order valence-electron chi connectivity index (χ4n) is 9.78. The molecule has 0 radical (unpaired) electrons. The summed E-state index contributed by atoms with van der Waals surface area (Å²) in [4.78, 5) is 2.51. The lowest BCUT2D eigenvalue weighted by atomic mass is 9.95. The van der Waals surface area contributed by atoms with Gasteiger partial charge in [0.2, 0.25) is 0 Å². The fourth-order valence-corrected chi connectivity index (χ4v) is 12.1. The van der Waals surface area contributed by atoms with Crippen molar-refractivity contribution in [2.24, 2.45) is 0 Å². The van der Waals surface area contributed by atoms with Gasteiger partial charge in [-0.15, -0.1) is 22.7 Å². The van der Waals surface area contributed by atoms with Crippen LogP contribution in [0.15, 0.2) is 218 Å². The van der Waals surface area contributed by atoms with Gasteiger partial charge >= 0.3 is 0 Å². The summed E-state index contributed by atoms with van der Waals surface area (Å²) in [5, 5.41) is 10.2. The molecule has 13 aromatic rings. The average molecular weight is 825 g/mol. The molecule has 0 saturated heterocycles. The Bertz CT molecular complexity index is 3860. The van der Waals surface area contributed by atoms with Crippen molar-refractivity contribution in [1.82, 2.24) is 4.57 Å². The molecule has 2 nitrogen and oxygen atoms in total. The molecular weight excluding hydrogens is 789 g/mol. The third-order valence-corrected chi connectivity index (χ3v) is 14.8. The summed E-state index contributed by atoms with van der Waals surface area (Å²) in [6.45, 7) is 0. The minimum absolute atomic E-state index is 1.12. The predicted octanol–water partition coefficient (Wildman–Crippen LogP) is 17.5. The van der Waals surface area contributed by atoms with E-state index in [1.54, 1.807) is 0 Å². The van der Waals surface area contributed by atoms with Crippen molar-refractivity contribution < 1.29 is 0 Å². The highest BCUT2D eigenvalue weighted by atomic mass is 32.1. The lowest BCUT2D eigenvalue weighted by Crippen LogP contribution is -2.11. The smallest absolute Gasteiger partial charge is 0.0782 e. The van der Waals surface area contributed by atoms with E-state index in [-0.39, 0.29) is 0 Å². The maximum absolute atomic E-state index is 2.52. The number of para-hydroxylation sites is 2. The minimum Gasteiger partial charge on any atom is -0.308 e. The lowest BCUT2D eigenvalue weighted by Gasteiger charge is -2.27. The Morgan fingerprint density at radius 1 is 0.339 bits per heavy atom. The van der Waals surface area contributed by atoms with Crippen molar-refractivity contribution in [2.45, 2.75) is 0 Å². The van der Waals surface area contributed by atoms with Crippen LogP contribution in [0.1, 0.15) is 0 Å². The molecule has 0 saturated carbocycles. The van der Waals surface area contributed by atoms with Gasteiger partial charge in [-0.25, -0.2) is 0 Å². The van der Waals surface area contributed by atoms with Gasteiger partial charge in [-0.3, -0.25) is 0 Å². The predicted molar refractivity (Wildman–Crippen MR) is 270 cm³/mol. The van der Waals surface area contributed by atoms with Gasteiger partial charge in [0, 0.05) is 73.7 Å². The third kappa shape index (κ3) is 5.47. The minimum atomic E-state index is 1.12. The summed E-state index contributed by atoms with van der Waals surface area (Å²) in [6, 6.07) is 80.5. The number of thiophene rings is 2. The highest BCUT2D eigenvalue weighted by Gasteiger charge is 2.25. The number of aromatic nitrogens is 1. The summed E-state index contributed by atoms with van der Waals surface area (Å²) >= 11 is 3.75. The summed E-state index contributed by atoms with van der Waals surface area (Å²) in [6.07, 6.45) is 0. The monoisotopic (exact) mass is 824 g/mol. The fraction of sp³-hybridized carbons (Fsp3) is 0. The number of benzene rings is 10. The molecular formula is C58H36N2S2. The van der Waals surface area contributed by atoms with Crippen LogP contribution in [0.3, 0.4) is 0 Å². The van der Waals surface area contributed by atoms with E-state index in [4.69, 9.17) is 0 Å². The van der Waals surface area contributed by atoms with Crippen LogP contribution in [0, 0.1) is 0 Å². The van der Waals surface area contributed by atoms with E-state index in [0.717, 1.165) is 28.3 Å². The molecule has 13 rings (SSSR count). The van der Waals surface area contributed by atoms with Crippen LogP contribution in [0.25, 0.3) is 101 Å². The van der Waals surface area contributed by atoms with Gasteiger partial charge in [-0.2, -0.15) is 0 Å². The van der Waals surface area contributed by atoms with E-state index in [0.29, 0.717) is 0 Å². The van der Waals surface area contributed by atoms with Gasteiger partial charge in [0.1, 0.15) is 0 Å². The Morgan fingerprint density at radius 3 is 1.74 bits per heavy atom. The first kappa shape index (κ1) is 35.3. The molecule has 0 unspecified atom stereocenters. The Hall–Kier alpha value is -7.50. The molecule has 0 fully saturated rings. The van der Waals surface area contributed by atoms with Crippen molar-refractivity contribution in [3.63, 3.8) is 0 Å². The van der Waals surface area contributed by atoms with Crippen molar-refractivity contribution in [3.05, 3.63) is 218 Å². The quantitative estimate of drug-likeness (QED) is 0.162. The topological polar surface area (TPSA) is 8.17 Å². The zero-order chi connectivity index (χ0) is 40.7. The van der Waals surface area contributed by atoms with Crippen molar-refractivity contribution in [3.8, 4) is 27.9 Å². The van der Waals surface area contributed by atoms with Crippen molar-refractivity contribution in [2.75, 3.05) is 4.90 Å². The molecule has 3 aromatic heterocycles. The molecule has 0 bridgehead atoms. The van der Waals surface area contributed by atoms with Crippen LogP contribution in [0.5, 0.6) is 0 Å². The van der Waals surface area contributed by atoms with Crippen LogP contribution in [0.4, 0.5) is 17.1 Å². The second-order valence-electron chi connectivity index (χ2n) is 16.1. The average Bonchev–Trinajstić information content (AvgIpc) is 4.02. The van der Waals surface area contributed by atoms with Crippen LogP contribution >= 0.6 is 22.7 Å². The number of hydrogen-bond donors (Lipinski definition) is 0. The zero-order valence-corrected chi connectivity index (χ0v) is 35.1.